The minimum absolute atomic E-state index is 0.00742. The van der Waals surface area contributed by atoms with Crippen molar-refractivity contribution in [3.63, 3.8) is 0 Å². The first-order chi connectivity index (χ1) is 10.1. The van der Waals surface area contributed by atoms with E-state index in [4.69, 9.17) is 5.11 Å². The van der Waals surface area contributed by atoms with E-state index in [2.05, 4.69) is 11.8 Å². The maximum absolute atomic E-state index is 12.4. The van der Waals surface area contributed by atoms with E-state index in [1.807, 2.05) is 12.1 Å². The van der Waals surface area contributed by atoms with Crippen LogP contribution in [0.2, 0.25) is 0 Å². The summed E-state index contributed by atoms with van der Waals surface area (Å²) in [4.78, 5) is 14.2. The molecular formula is C17H21NO3. The van der Waals surface area contributed by atoms with Crippen LogP contribution in [0.15, 0.2) is 24.3 Å². The van der Waals surface area contributed by atoms with E-state index in [0.717, 1.165) is 12.0 Å². The summed E-state index contributed by atoms with van der Waals surface area (Å²) in [6.07, 6.45) is 0.940. The molecule has 1 aromatic rings. The summed E-state index contributed by atoms with van der Waals surface area (Å²) in [5.74, 6) is 5.97. The molecule has 2 unspecified atom stereocenters. The van der Waals surface area contributed by atoms with Gasteiger partial charge >= 0.3 is 0 Å². The molecule has 1 heterocycles. The second kappa shape index (κ2) is 7.26. The molecular weight excluding hydrogens is 266 g/mol. The second-order valence-electron chi connectivity index (χ2n) is 5.39. The summed E-state index contributed by atoms with van der Waals surface area (Å²) in [6, 6.07) is 7.20. The van der Waals surface area contributed by atoms with Gasteiger partial charge in [0.15, 0.2) is 0 Å². The van der Waals surface area contributed by atoms with Crippen LogP contribution in [0.25, 0.3) is 0 Å². The topological polar surface area (TPSA) is 60.8 Å². The van der Waals surface area contributed by atoms with Crippen molar-refractivity contribution in [1.29, 1.82) is 0 Å². The number of nitrogens with zero attached hydrogens (tertiary/aromatic N) is 1. The highest BCUT2D eigenvalue weighted by atomic mass is 16.3. The summed E-state index contributed by atoms with van der Waals surface area (Å²) in [7, 11) is 0. The monoisotopic (exact) mass is 287 g/mol. The van der Waals surface area contributed by atoms with Crippen LogP contribution < -0.4 is 0 Å². The largest absolute Gasteiger partial charge is 0.395 e. The first-order valence-corrected chi connectivity index (χ1v) is 7.29. The van der Waals surface area contributed by atoms with Crippen molar-refractivity contribution >= 4 is 5.91 Å². The van der Waals surface area contributed by atoms with Crippen molar-refractivity contribution in [2.24, 2.45) is 5.92 Å². The van der Waals surface area contributed by atoms with E-state index >= 15 is 0 Å². The van der Waals surface area contributed by atoms with Crippen molar-refractivity contribution in [3.05, 3.63) is 35.4 Å². The van der Waals surface area contributed by atoms with Crippen LogP contribution in [0.5, 0.6) is 0 Å². The summed E-state index contributed by atoms with van der Waals surface area (Å²) in [5, 5.41) is 18.3. The second-order valence-corrected chi connectivity index (χ2v) is 5.39. The lowest BCUT2D eigenvalue weighted by Gasteiger charge is -2.17. The molecule has 0 spiro atoms. The minimum Gasteiger partial charge on any atom is -0.395 e. The van der Waals surface area contributed by atoms with Gasteiger partial charge in [-0.05, 0) is 37.6 Å². The Morgan fingerprint density at radius 3 is 2.71 bits per heavy atom. The Bertz CT molecular complexity index is 539. The van der Waals surface area contributed by atoms with Crippen LogP contribution in [0.3, 0.4) is 0 Å². The Hall–Kier alpha value is -1.83. The molecule has 0 radical (unpaired) electrons. The maximum Gasteiger partial charge on any atom is 0.253 e. The average molecular weight is 287 g/mol. The lowest BCUT2D eigenvalue weighted by atomic mass is 10.0. The number of likely N-dealkylation sites (tertiary alicyclic amines) is 1. The number of benzene rings is 1. The third-order valence-electron chi connectivity index (χ3n) is 3.80. The Balaban J connectivity index is 1.99. The highest BCUT2D eigenvalue weighted by molar-refractivity contribution is 5.94. The lowest BCUT2D eigenvalue weighted by Crippen LogP contribution is -2.30. The molecule has 2 atom stereocenters. The number of aliphatic hydroxyl groups is 2. The first-order valence-electron chi connectivity index (χ1n) is 7.29. The molecule has 4 heteroatoms. The molecule has 1 saturated heterocycles. The van der Waals surface area contributed by atoms with E-state index in [0.29, 0.717) is 25.1 Å². The Morgan fingerprint density at radius 2 is 2.14 bits per heavy atom. The van der Waals surface area contributed by atoms with Crippen LogP contribution in [0.1, 0.15) is 35.7 Å². The van der Waals surface area contributed by atoms with Crippen LogP contribution in [-0.2, 0) is 0 Å². The van der Waals surface area contributed by atoms with E-state index in [-0.39, 0.29) is 24.5 Å². The molecule has 4 nitrogen and oxygen atoms in total. The Kier molecular flexibility index (Phi) is 5.38. The molecule has 2 rings (SSSR count). The van der Waals surface area contributed by atoms with Gasteiger partial charge in [-0.3, -0.25) is 4.79 Å². The molecule has 112 valence electrons. The Labute approximate surface area is 125 Å². The van der Waals surface area contributed by atoms with Crippen molar-refractivity contribution < 1.29 is 15.0 Å². The fraction of sp³-hybridized carbons (Fsp3) is 0.471. The molecule has 21 heavy (non-hydrogen) atoms. The van der Waals surface area contributed by atoms with Crippen LogP contribution in [-0.4, -0.2) is 46.8 Å². The van der Waals surface area contributed by atoms with Gasteiger partial charge in [0.25, 0.3) is 5.91 Å². The number of carbonyl (C=O) groups is 1. The molecule has 0 bridgehead atoms. The van der Waals surface area contributed by atoms with Gasteiger partial charge < -0.3 is 15.1 Å². The highest BCUT2D eigenvalue weighted by Gasteiger charge is 2.29. The quantitative estimate of drug-likeness (QED) is 0.823. The van der Waals surface area contributed by atoms with Crippen LogP contribution >= 0.6 is 0 Å². The molecule has 1 fully saturated rings. The third-order valence-corrected chi connectivity index (χ3v) is 3.80. The summed E-state index contributed by atoms with van der Waals surface area (Å²) in [5.41, 5.74) is 1.48. The zero-order chi connectivity index (χ0) is 15.2. The molecule has 1 amide bonds. The lowest BCUT2D eigenvalue weighted by molar-refractivity contribution is 0.0762. The van der Waals surface area contributed by atoms with E-state index < -0.39 is 0 Å². The molecule has 1 aliphatic rings. The maximum atomic E-state index is 12.4. The van der Waals surface area contributed by atoms with E-state index in [9.17, 15) is 9.90 Å². The van der Waals surface area contributed by atoms with Crippen LogP contribution in [0.4, 0.5) is 0 Å². The number of carbonyl (C=O) groups excluding carboxylic acids is 1. The third kappa shape index (κ3) is 4.07. The minimum atomic E-state index is -0.369. The van der Waals surface area contributed by atoms with E-state index in [1.54, 1.807) is 24.0 Å². The van der Waals surface area contributed by atoms with Crippen molar-refractivity contribution in [2.45, 2.75) is 25.9 Å². The van der Waals surface area contributed by atoms with Gasteiger partial charge in [0.1, 0.15) is 0 Å². The molecule has 1 aromatic carbocycles. The van der Waals surface area contributed by atoms with Crippen LogP contribution in [0, 0.1) is 17.8 Å². The smallest absolute Gasteiger partial charge is 0.253 e. The summed E-state index contributed by atoms with van der Waals surface area (Å²) in [6.45, 7) is 3.16. The molecule has 0 aromatic heterocycles. The van der Waals surface area contributed by atoms with Gasteiger partial charge in [-0.25, -0.2) is 0 Å². The number of rotatable bonds is 3. The predicted molar refractivity (Wildman–Crippen MR) is 80.7 cm³/mol. The van der Waals surface area contributed by atoms with Gasteiger partial charge in [-0.15, -0.1) is 0 Å². The SMILES string of the molecule is CC(O)C1CCN(C(=O)c2ccc(C#CCCO)cc2)C1. The van der Waals surface area contributed by atoms with Crippen molar-refractivity contribution in [3.8, 4) is 11.8 Å². The molecule has 0 aliphatic carbocycles. The number of amides is 1. The standard InChI is InChI=1S/C17H21NO3/c1-13(20)16-9-10-18(12-16)17(21)15-7-5-14(6-8-15)4-2-3-11-19/h5-8,13,16,19-20H,3,9-12H2,1H3. The first kappa shape index (κ1) is 15.6. The zero-order valence-electron chi connectivity index (χ0n) is 12.2. The van der Waals surface area contributed by atoms with Gasteiger partial charge in [0.05, 0.1) is 12.7 Å². The van der Waals surface area contributed by atoms with Gasteiger partial charge in [0.2, 0.25) is 0 Å². The van der Waals surface area contributed by atoms with Gasteiger partial charge in [-0.2, -0.15) is 0 Å². The highest BCUT2D eigenvalue weighted by Crippen LogP contribution is 2.21. The summed E-state index contributed by atoms with van der Waals surface area (Å²) < 4.78 is 0. The Morgan fingerprint density at radius 1 is 1.43 bits per heavy atom. The zero-order valence-corrected chi connectivity index (χ0v) is 12.2. The fourth-order valence-electron chi connectivity index (χ4n) is 2.46. The van der Waals surface area contributed by atoms with Crippen molar-refractivity contribution in [2.75, 3.05) is 19.7 Å². The summed E-state index contributed by atoms with van der Waals surface area (Å²) >= 11 is 0. The van der Waals surface area contributed by atoms with Gasteiger partial charge in [0, 0.05) is 36.6 Å². The number of hydrogen-bond donors (Lipinski definition) is 2. The normalized spacial score (nSPS) is 19.0. The molecule has 1 aliphatic heterocycles. The van der Waals surface area contributed by atoms with Crippen molar-refractivity contribution in [1.82, 2.24) is 4.90 Å². The number of aliphatic hydroxyl groups excluding tert-OH is 2. The van der Waals surface area contributed by atoms with E-state index in [1.165, 1.54) is 0 Å². The number of hydrogen-bond acceptors (Lipinski definition) is 3. The molecule has 2 N–H and O–H groups in total. The average Bonchev–Trinajstić information content (AvgIpc) is 2.97. The fourth-order valence-corrected chi connectivity index (χ4v) is 2.46. The van der Waals surface area contributed by atoms with Gasteiger partial charge in [-0.1, -0.05) is 11.8 Å². The predicted octanol–water partition coefficient (Wildman–Crippen LogP) is 1.26. The molecule has 0 saturated carbocycles.